The quantitative estimate of drug-likeness (QED) is 0.0910. The predicted molar refractivity (Wildman–Crippen MR) is 252 cm³/mol. The zero-order chi connectivity index (χ0) is 42.7. The molecule has 2 fully saturated rings. The summed E-state index contributed by atoms with van der Waals surface area (Å²) in [6.07, 6.45) is 12.7. The average molecular weight is 837 g/mol. The third-order valence-corrected chi connectivity index (χ3v) is 8.35. The molecule has 2 aliphatic rings. The van der Waals surface area contributed by atoms with Gasteiger partial charge in [-0.05, 0) is 120 Å². The summed E-state index contributed by atoms with van der Waals surface area (Å²) in [5.74, 6) is 28.1. The molecule has 11 nitrogen and oxygen atoms in total. The van der Waals surface area contributed by atoms with E-state index in [0.29, 0.717) is 41.4 Å². The van der Waals surface area contributed by atoms with Crippen molar-refractivity contribution in [3.05, 3.63) is 119 Å². The van der Waals surface area contributed by atoms with Gasteiger partial charge < -0.3 is 37.9 Å². The first-order chi connectivity index (χ1) is 29.9. The molecule has 4 aromatic rings. The number of hydrogen-bond acceptors (Lipinski definition) is 11. The van der Waals surface area contributed by atoms with Crippen LogP contribution in [0.5, 0.6) is 23.0 Å². The number of carbonyl (C=O) groups is 3. The van der Waals surface area contributed by atoms with Crippen molar-refractivity contribution in [2.75, 3.05) is 13.2 Å². The highest BCUT2D eigenvalue weighted by Crippen LogP contribution is 2.34. The second-order valence-corrected chi connectivity index (χ2v) is 12.3. The Morgan fingerprint density at radius 2 is 0.984 bits per heavy atom. The van der Waals surface area contributed by atoms with Crippen molar-refractivity contribution in [2.24, 2.45) is 0 Å². The van der Waals surface area contributed by atoms with Crippen LogP contribution in [0.2, 0.25) is 0 Å². The number of hydrogen-bond donors (Lipinski definition) is 0. The van der Waals surface area contributed by atoms with Gasteiger partial charge in [0.25, 0.3) is 0 Å². The van der Waals surface area contributed by atoms with Crippen molar-refractivity contribution >= 4 is 17.9 Å². The first kappa shape index (κ1) is 41.9. The Morgan fingerprint density at radius 3 is 1.49 bits per heavy atom. The number of esters is 3. The third-order valence-electron chi connectivity index (χ3n) is 8.35. The molecule has 0 spiro atoms. The smallest absolute Gasteiger partial charge is 0.343 e. The van der Waals surface area contributed by atoms with Crippen LogP contribution in [-0.4, -0.2) is 49.4 Å². The lowest BCUT2D eigenvalue weighted by atomic mass is 10.0. The van der Waals surface area contributed by atoms with E-state index in [1.165, 1.54) is 48.5 Å². The zero-order valence-corrected chi connectivity index (χ0v) is 31.8. The van der Waals surface area contributed by atoms with Gasteiger partial charge in [0.15, 0.2) is 6.29 Å². The minimum Gasteiger partial charge on any atom is -0.456 e. The van der Waals surface area contributed by atoms with Crippen LogP contribution in [0.25, 0.3) is 0 Å². The second kappa shape index (κ2) is 21.7. The van der Waals surface area contributed by atoms with Gasteiger partial charge in [-0.15, -0.1) is 12.8 Å². The van der Waals surface area contributed by atoms with E-state index in [4.69, 9.17) is 50.7 Å². The molecule has 2 aliphatic heterocycles. The molecule has 2 saturated heterocycles. The minimum atomic E-state index is -0.803. The molecule has 0 saturated carbocycles. The fourth-order valence-electron chi connectivity index (χ4n) is 5.50. The Bertz CT molecular complexity index is 2800. The van der Waals surface area contributed by atoms with Crippen LogP contribution >= 0.6 is 0 Å². The number of ether oxygens (including phenoxy) is 8. The van der Waals surface area contributed by atoms with Crippen LogP contribution in [0.15, 0.2) is 97.1 Å². The molecule has 0 amide bonds. The summed E-state index contributed by atoms with van der Waals surface area (Å²) in [7, 11) is 0. The molecule has 0 aliphatic carbocycles. The number of terminal acetylenes is 2. The van der Waals surface area contributed by atoms with Crippen molar-refractivity contribution in [3.63, 3.8) is 0 Å². The number of rotatable bonds is 9. The van der Waals surface area contributed by atoms with Crippen LogP contribution in [0.1, 0.15) is 72.2 Å². The van der Waals surface area contributed by atoms with Gasteiger partial charge in [-0.3, -0.25) is 0 Å². The first-order valence-electron chi connectivity index (χ1n) is 18.1. The normalized spacial score (nSPS) is 16.5. The van der Waals surface area contributed by atoms with Gasteiger partial charge in [-0.2, -0.15) is 0 Å². The highest BCUT2D eigenvalue weighted by Gasteiger charge is 2.43. The molecule has 61 heavy (non-hydrogen) atoms. The van der Waals surface area contributed by atoms with Gasteiger partial charge in [-0.1, -0.05) is 12.1 Å². The van der Waals surface area contributed by atoms with E-state index < -0.39 is 42.5 Å². The SMILES string of the molecule is C#CC#CC#CC#COc1ccc(C(=O)Oc2ccc(C(=O)O[C@@H]3CCO[C@@H]4CO[C@@H](c5ccc(OC(=O)c6ccc(OC#CC#CC#CC#C)cc6)cc5)O[C@H]43)cc2)cc1.[HH].[HH].[HH].[HH].[HH].[HH].[HH].[HH].[HH].[HH].[HH].[HH].[HH].[HH].[HH].[HH]. The molecular formula is C50H60O11. The molecule has 0 N–H and O–H groups in total. The van der Waals surface area contributed by atoms with Crippen LogP contribution in [0, 0.1) is 96.1 Å². The minimum absolute atomic E-state index is 0. The Morgan fingerprint density at radius 1 is 0.541 bits per heavy atom. The predicted octanol–water partition coefficient (Wildman–Crippen LogP) is 9.45. The molecule has 326 valence electrons. The van der Waals surface area contributed by atoms with E-state index >= 15 is 0 Å². The van der Waals surface area contributed by atoms with Gasteiger partial charge in [0.2, 0.25) is 0 Å². The van der Waals surface area contributed by atoms with Crippen LogP contribution in [-0.2, 0) is 18.9 Å². The number of benzene rings is 4. The summed E-state index contributed by atoms with van der Waals surface area (Å²) in [5.41, 5.74) is 1.45. The van der Waals surface area contributed by atoms with E-state index in [1.54, 1.807) is 48.5 Å². The van der Waals surface area contributed by atoms with Crippen molar-refractivity contribution < 1.29 is 75.1 Å². The van der Waals surface area contributed by atoms with Gasteiger partial charge in [0.05, 0.1) is 29.9 Å². The highest BCUT2D eigenvalue weighted by atomic mass is 16.7. The van der Waals surface area contributed by atoms with Crippen LogP contribution in [0.4, 0.5) is 0 Å². The van der Waals surface area contributed by atoms with Crippen molar-refractivity contribution in [2.45, 2.75) is 31.0 Å². The fraction of sp³-hybridized carbons (Fsp3) is 0.140. The number of carbonyl (C=O) groups excluding carboxylic acids is 3. The van der Waals surface area contributed by atoms with Crippen LogP contribution in [0.3, 0.4) is 0 Å². The van der Waals surface area contributed by atoms with E-state index in [2.05, 4.69) is 83.3 Å². The molecule has 0 bridgehead atoms. The monoisotopic (exact) mass is 836 g/mol. The maximum Gasteiger partial charge on any atom is 0.343 e. The Hall–Kier alpha value is -8.75. The maximum atomic E-state index is 13.2. The van der Waals surface area contributed by atoms with E-state index in [-0.39, 0.29) is 46.3 Å². The molecule has 2 heterocycles. The molecule has 0 radical (unpaired) electrons. The lowest BCUT2D eigenvalue weighted by Gasteiger charge is -2.42. The summed E-state index contributed by atoms with van der Waals surface area (Å²) >= 11 is 0. The Balaban J connectivity index is -0.000000302. The van der Waals surface area contributed by atoms with Gasteiger partial charge >= 0.3 is 17.9 Å². The highest BCUT2D eigenvalue weighted by molar-refractivity contribution is 5.92. The first-order valence-corrected chi connectivity index (χ1v) is 18.1. The van der Waals surface area contributed by atoms with Gasteiger partial charge in [-0.25, -0.2) is 14.4 Å². The summed E-state index contributed by atoms with van der Waals surface area (Å²) in [6.45, 7) is 0.538. The van der Waals surface area contributed by atoms with Crippen molar-refractivity contribution in [1.82, 2.24) is 0 Å². The van der Waals surface area contributed by atoms with E-state index in [0.717, 1.165) is 0 Å². The summed E-state index contributed by atoms with van der Waals surface area (Å²) < 4.78 is 45.5. The summed E-state index contributed by atoms with van der Waals surface area (Å²) in [6, 6.07) is 25.0. The molecule has 0 unspecified atom stereocenters. The van der Waals surface area contributed by atoms with E-state index in [1.807, 2.05) is 0 Å². The fourth-order valence-corrected chi connectivity index (χ4v) is 5.50. The zero-order valence-electron chi connectivity index (χ0n) is 31.8. The van der Waals surface area contributed by atoms with Gasteiger partial charge in [0, 0.05) is 70.3 Å². The lowest BCUT2D eigenvalue weighted by Crippen LogP contribution is -2.53. The molecular weight excluding hydrogens is 777 g/mol. The second-order valence-electron chi connectivity index (χ2n) is 12.3. The largest absolute Gasteiger partial charge is 0.456 e. The molecule has 4 atom stereocenters. The van der Waals surface area contributed by atoms with E-state index in [9.17, 15) is 14.4 Å². The average Bonchev–Trinajstić information content (AvgIpc) is 3.29. The molecule has 0 aromatic heterocycles. The maximum absolute atomic E-state index is 13.2. The van der Waals surface area contributed by atoms with Crippen LogP contribution < -0.4 is 18.9 Å². The lowest BCUT2D eigenvalue weighted by molar-refractivity contribution is -0.298. The Kier molecular flexibility index (Phi) is 14.9. The standard InChI is InChI=1S/C50H28O11.16H2/c1-3-5-7-9-11-13-32-54-40-23-15-36(16-24-40)47(51)58-42-27-19-38(20-28-42)49(53)60-44-31-34-56-45-35-57-50(61-46(44)45)39-21-29-43(30-22-39)59-48(52)37-17-25-41(26-18-37)55-33-14-12-10-8-6-4-2;;;;;;;;;;;;;;;;/h1-2,15-30,44-46,50H,31,34-35H2;16*1H/t44-,45-,46+,50-;;;;;;;;;;;;;;;;/m1................/s1. The summed E-state index contributed by atoms with van der Waals surface area (Å²) in [5, 5.41) is 0. The third kappa shape index (κ3) is 12.4. The van der Waals surface area contributed by atoms with Crippen molar-refractivity contribution in [3.8, 4) is 119 Å². The molecule has 6 rings (SSSR count). The van der Waals surface area contributed by atoms with Crippen molar-refractivity contribution in [1.29, 1.82) is 0 Å². The van der Waals surface area contributed by atoms with Gasteiger partial charge in [0.1, 0.15) is 53.5 Å². The molecule has 4 aromatic carbocycles. The molecule has 11 heteroatoms. The Labute approximate surface area is 375 Å². The summed E-state index contributed by atoms with van der Waals surface area (Å²) in [4.78, 5) is 38.8. The topological polar surface area (TPSA) is 125 Å². The number of fused-ring (bicyclic) bond motifs is 1.